The molecule has 3 heterocycles. The van der Waals surface area contributed by atoms with Gasteiger partial charge in [0.25, 0.3) is 5.91 Å². The first-order valence-corrected chi connectivity index (χ1v) is 11.3. The number of carbonyl (C=O) groups is 1. The van der Waals surface area contributed by atoms with Crippen LogP contribution in [-0.4, -0.2) is 52.7 Å². The second-order valence-corrected chi connectivity index (χ2v) is 9.67. The average molecular weight is 400 g/mol. The molecule has 3 aliphatic carbocycles. The Morgan fingerprint density at radius 3 is 2.79 bits per heavy atom. The molecule has 0 aromatic heterocycles. The highest BCUT2D eigenvalue weighted by Crippen LogP contribution is 2.45. The van der Waals surface area contributed by atoms with E-state index in [0.29, 0.717) is 5.71 Å². The second-order valence-electron chi connectivity index (χ2n) is 9.67. The van der Waals surface area contributed by atoms with Gasteiger partial charge in [-0.2, -0.15) is 5.10 Å². The van der Waals surface area contributed by atoms with Crippen molar-refractivity contribution in [2.45, 2.75) is 94.5 Å². The van der Waals surface area contributed by atoms with Crippen LogP contribution in [0.2, 0.25) is 0 Å². The summed E-state index contributed by atoms with van der Waals surface area (Å²) < 4.78 is 6.22. The standard InChI is InChI=1S/C22H33N5O2/c1-14(13-24-11-10-23)27-20-17(12-16-2-3-18(20)29-16)19(26-27)21(28)25-22-7-4-15(5-8-22)6-9-22/h10-11,13-18,20H,2-9,12,23H2,1H3,(H,25,28)/b11-10-,24-13?. The lowest BCUT2D eigenvalue weighted by atomic mass is 9.65. The summed E-state index contributed by atoms with van der Waals surface area (Å²) in [6, 6.07) is 0.102. The van der Waals surface area contributed by atoms with E-state index in [2.05, 4.69) is 22.2 Å². The number of hydrogen-bond acceptors (Lipinski definition) is 6. The minimum absolute atomic E-state index is 0.000411. The first kappa shape index (κ1) is 19.1. The molecule has 5 atom stereocenters. The van der Waals surface area contributed by atoms with Gasteiger partial charge in [-0.3, -0.25) is 14.8 Å². The van der Waals surface area contributed by atoms with Crippen LogP contribution in [0.4, 0.5) is 0 Å². The summed E-state index contributed by atoms with van der Waals surface area (Å²) in [6.45, 7) is 2.07. The lowest BCUT2D eigenvalue weighted by molar-refractivity contribution is -0.118. The molecule has 7 nitrogen and oxygen atoms in total. The number of amides is 1. The zero-order chi connectivity index (χ0) is 20.0. The third-order valence-electron chi connectivity index (χ3n) is 7.93. The predicted octanol–water partition coefficient (Wildman–Crippen LogP) is 2.32. The van der Waals surface area contributed by atoms with Gasteiger partial charge in [-0.15, -0.1) is 0 Å². The fourth-order valence-corrected chi connectivity index (χ4v) is 6.34. The molecule has 0 aromatic carbocycles. The number of nitrogens with two attached hydrogens (primary N) is 1. The molecule has 29 heavy (non-hydrogen) atoms. The second kappa shape index (κ2) is 7.42. The summed E-state index contributed by atoms with van der Waals surface area (Å²) in [4.78, 5) is 17.7. The number of ether oxygens (including phenoxy) is 1. The molecule has 0 spiro atoms. The molecule has 3 aliphatic heterocycles. The summed E-state index contributed by atoms with van der Waals surface area (Å²) in [5, 5.41) is 10.4. The SMILES string of the molecule is CC(C=N/C=C\N)N1N=C(C(=O)NC23CCC(CC2)CC3)C2CC3CCC(O3)C21. The van der Waals surface area contributed by atoms with Gasteiger partial charge in [0.1, 0.15) is 5.71 Å². The molecule has 4 bridgehead atoms. The summed E-state index contributed by atoms with van der Waals surface area (Å²) in [5.74, 6) is 1.08. The molecular formula is C22H33N5O2. The smallest absolute Gasteiger partial charge is 0.268 e. The number of fused-ring (bicyclic) bond motifs is 7. The van der Waals surface area contributed by atoms with E-state index in [9.17, 15) is 4.79 Å². The Bertz CT molecular complexity index is 726. The summed E-state index contributed by atoms with van der Waals surface area (Å²) >= 11 is 0. The van der Waals surface area contributed by atoms with E-state index < -0.39 is 0 Å². The van der Waals surface area contributed by atoms with Gasteiger partial charge in [-0.25, -0.2) is 0 Å². The number of hydrogen-bond donors (Lipinski definition) is 2. The van der Waals surface area contributed by atoms with Crippen molar-refractivity contribution in [3.8, 4) is 0 Å². The van der Waals surface area contributed by atoms with Crippen molar-refractivity contribution >= 4 is 17.8 Å². The summed E-state index contributed by atoms with van der Waals surface area (Å²) in [7, 11) is 0. The monoisotopic (exact) mass is 399 g/mol. The Morgan fingerprint density at radius 1 is 1.31 bits per heavy atom. The highest BCUT2D eigenvalue weighted by Gasteiger charge is 2.54. The molecule has 6 rings (SSSR count). The molecule has 0 aromatic rings. The zero-order valence-electron chi connectivity index (χ0n) is 17.3. The Morgan fingerprint density at radius 2 is 2.07 bits per heavy atom. The average Bonchev–Trinajstić information content (AvgIpc) is 3.31. The van der Waals surface area contributed by atoms with E-state index in [1.54, 1.807) is 6.20 Å². The van der Waals surface area contributed by atoms with Crippen LogP contribution in [-0.2, 0) is 9.53 Å². The van der Waals surface area contributed by atoms with Gasteiger partial charge in [0.2, 0.25) is 0 Å². The van der Waals surface area contributed by atoms with Crippen LogP contribution < -0.4 is 11.1 Å². The zero-order valence-corrected chi connectivity index (χ0v) is 17.3. The largest absolute Gasteiger partial charge is 0.403 e. The normalized spacial score (nSPS) is 41.8. The fourth-order valence-electron chi connectivity index (χ4n) is 6.34. The first-order chi connectivity index (χ1) is 14.1. The maximum Gasteiger partial charge on any atom is 0.268 e. The van der Waals surface area contributed by atoms with Crippen molar-refractivity contribution in [3.63, 3.8) is 0 Å². The van der Waals surface area contributed by atoms with Gasteiger partial charge in [0.05, 0.1) is 24.3 Å². The van der Waals surface area contributed by atoms with Crippen molar-refractivity contribution in [3.05, 3.63) is 12.4 Å². The van der Waals surface area contributed by atoms with E-state index in [1.165, 1.54) is 25.5 Å². The van der Waals surface area contributed by atoms with Gasteiger partial charge in [-0.05, 0) is 70.6 Å². The van der Waals surface area contributed by atoms with E-state index >= 15 is 0 Å². The molecule has 3 N–H and O–H groups in total. The number of nitrogens with one attached hydrogen (secondary N) is 1. The number of nitrogens with zero attached hydrogens (tertiary/aromatic N) is 3. The molecule has 3 saturated carbocycles. The van der Waals surface area contributed by atoms with E-state index in [1.807, 2.05) is 6.21 Å². The number of rotatable bonds is 5. The maximum atomic E-state index is 13.4. The molecular weight excluding hydrogens is 366 g/mol. The van der Waals surface area contributed by atoms with Crippen molar-refractivity contribution in [1.82, 2.24) is 10.3 Å². The summed E-state index contributed by atoms with van der Waals surface area (Å²) in [5.41, 5.74) is 6.11. The molecule has 5 unspecified atom stereocenters. The Hall–Kier alpha value is -1.89. The number of aliphatic imine (C=N–C) groups is 1. The quantitative estimate of drug-likeness (QED) is 0.694. The van der Waals surface area contributed by atoms with E-state index in [-0.39, 0.29) is 41.7 Å². The highest BCUT2D eigenvalue weighted by molar-refractivity contribution is 6.40. The molecule has 6 aliphatic rings. The summed E-state index contributed by atoms with van der Waals surface area (Å²) in [6.07, 6.45) is 15.4. The molecule has 1 amide bonds. The maximum absolute atomic E-state index is 13.4. The Labute approximate surface area is 172 Å². The van der Waals surface area contributed by atoms with Gasteiger partial charge in [0, 0.05) is 30.1 Å². The van der Waals surface area contributed by atoms with Crippen LogP contribution in [0.3, 0.4) is 0 Å². The lowest BCUT2D eigenvalue weighted by Crippen LogP contribution is -2.57. The first-order valence-electron chi connectivity index (χ1n) is 11.3. The topological polar surface area (TPSA) is 92.3 Å². The van der Waals surface area contributed by atoms with Crippen molar-refractivity contribution in [2.75, 3.05) is 0 Å². The fraction of sp³-hybridized carbons (Fsp3) is 0.773. The van der Waals surface area contributed by atoms with Crippen molar-refractivity contribution in [2.24, 2.45) is 27.7 Å². The van der Waals surface area contributed by atoms with Crippen LogP contribution in [0.15, 0.2) is 22.5 Å². The van der Waals surface area contributed by atoms with Crippen LogP contribution in [0.1, 0.15) is 64.7 Å². The van der Waals surface area contributed by atoms with E-state index in [4.69, 9.17) is 15.6 Å². The molecule has 2 saturated heterocycles. The van der Waals surface area contributed by atoms with Gasteiger partial charge in [-0.1, -0.05) is 0 Å². The molecule has 7 heteroatoms. The van der Waals surface area contributed by atoms with Crippen molar-refractivity contribution < 1.29 is 9.53 Å². The molecule has 0 radical (unpaired) electrons. The molecule has 5 fully saturated rings. The Kier molecular flexibility index (Phi) is 4.88. The minimum Gasteiger partial charge on any atom is -0.403 e. The number of hydrazone groups is 1. The Balaban J connectivity index is 1.38. The van der Waals surface area contributed by atoms with E-state index in [0.717, 1.165) is 44.4 Å². The highest BCUT2D eigenvalue weighted by atomic mass is 16.5. The van der Waals surface area contributed by atoms with Gasteiger partial charge in [0.15, 0.2) is 0 Å². The van der Waals surface area contributed by atoms with Crippen LogP contribution >= 0.6 is 0 Å². The minimum atomic E-state index is -0.0203. The number of carbonyl (C=O) groups excluding carboxylic acids is 1. The predicted molar refractivity (Wildman–Crippen MR) is 112 cm³/mol. The third-order valence-corrected chi connectivity index (χ3v) is 7.93. The van der Waals surface area contributed by atoms with Gasteiger partial charge >= 0.3 is 0 Å². The van der Waals surface area contributed by atoms with Crippen LogP contribution in [0, 0.1) is 11.8 Å². The lowest BCUT2D eigenvalue weighted by Gasteiger charge is -2.47. The molecule has 158 valence electrons. The van der Waals surface area contributed by atoms with Crippen LogP contribution in [0.25, 0.3) is 0 Å². The van der Waals surface area contributed by atoms with Crippen LogP contribution in [0.5, 0.6) is 0 Å². The van der Waals surface area contributed by atoms with Gasteiger partial charge < -0.3 is 15.8 Å². The van der Waals surface area contributed by atoms with Crippen molar-refractivity contribution in [1.29, 1.82) is 0 Å². The third kappa shape index (κ3) is 3.37.